The van der Waals surface area contributed by atoms with E-state index < -0.39 is 12.0 Å². The molecule has 2 amide bonds. The smallest absolute Gasteiger partial charge is 0.292 e. The fraction of sp³-hybridized carbons (Fsp3) is 0.167. The van der Waals surface area contributed by atoms with Crippen molar-refractivity contribution in [2.75, 3.05) is 4.90 Å². The standard InChI is InChI=1S/C18H16N2O4/c1-11-2-6-13(7-3-11)19-15-10-16(21)20(17(15)22)14-8-4-12(5-9-14)18(23)24/h2-9,15,19H,10H2,1H3,(H,23,24). The highest BCUT2D eigenvalue weighted by Crippen LogP contribution is 2.22. The van der Waals surface area contributed by atoms with Crippen LogP contribution >= 0.6 is 0 Å². The first kappa shape index (κ1) is 15.9. The highest BCUT2D eigenvalue weighted by atomic mass is 16.4. The van der Waals surface area contributed by atoms with Crippen LogP contribution in [0.25, 0.3) is 0 Å². The van der Waals surface area contributed by atoms with Crippen LogP contribution in [-0.4, -0.2) is 23.8 Å². The molecule has 0 spiro atoms. The molecule has 3 rings (SSSR count). The Labute approximate surface area is 138 Å². The molecule has 0 aromatic heterocycles. The normalized spacial score (nSPS) is 17.4. The third kappa shape index (κ3) is 3.04. The quantitative estimate of drug-likeness (QED) is 0.627. The molecule has 24 heavy (non-hydrogen) atoms. The van der Waals surface area contributed by atoms with Crippen molar-refractivity contribution in [1.82, 2.24) is 0 Å². The summed E-state index contributed by atoms with van der Waals surface area (Å²) in [6.45, 7) is 1.98. The largest absolute Gasteiger partial charge is 0.545 e. The van der Waals surface area contributed by atoms with E-state index in [1.54, 1.807) is 5.32 Å². The number of carbonyl (C=O) groups excluding carboxylic acids is 3. The zero-order valence-corrected chi connectivity index (χ0v) is 13.1. The fourth-order valence-corrected chi connectivity index (χ4v) is 2.71. The Bertz CT molecular complexity index is 797. The second-order valence-electron chi connectivity index (χ2n) is 5.79. The van der Waals surface area contributed by atoms with Crippen molar-refractivity contribution in [3.8, 4) is 0 Å². The van der Waals surface area contributed by atoms with Crippen molar-refractivity contribution < 1.29 is 24.8 Å². The van der Waals surface area contributed by atoms with E-state index >= 15 is 0 Å². The van der Waals surface area contributed by atoms with E-state index in [1.807, 2.05) is 31.2 Å². The number of aromatic carboxylic acids is 1. The lowest BCUT2D eigenvalue weighted by Crippen LogP contribution is -2.86. The van der Waals surface area contributed by atoms with Crippen LogP contribution in [0.5, 0.6) is 0 Å². The van der Waals surface area contributed by atoms with Crippen molar-refractivity contribution in [3.63, 3.8) is 0 Å². The second-order valence-corrected chi connectivity index (χ2v) is 5.79. The molecule has 0 bridgehead atoms. The summed E-state index contributed by atoms with van der Waals surface area (Å²) in [6, 6.07) is 12.7. The summed E-state index contributed by atoms with van der Waals surface area (Å²) in [5, 5.41) is 12.6. The number of carbonyl (C=O) groups is 3. The lowest BCUT2D eigenvalue weighted by atomic mass is 10.2. The van der Waals surface area contributed by atoms with Gasteiger partial charge in [-0.25, -0.2) is 4.90 Å². The van der Waals surface area contributed by atoms with Gasteiger partial charge in [-0.3, -0.25) is 9.59 Å². The number of carboxylic acid groups (broad SMARTS) is 1. The molecule has 2 aromatic carbocycles. The Morgan fingerprint density at radius 1 is 1.08 bits per heavy atom. The maximum Gasteiger partial charge on any atom is 0.292 e. The number of rotatable bonds is 4. The predicted molar refractivity (Wildman–Crippen MR) is 84.4 cm³/mol. The zero-order chi connectivity index (χ0) is 17.3. The van der Waals surface area contributed by atoms with Gasteiger partial charge in [0, 0.05) is 0 Å². The summed E-state index contributed by atoms with van der Waals surface area (Å²) in [6.07, 6.45) is 0.106. The number of carboxylic acids is 1. The van der Waals surface area contributed by atoms with Gasteiger partial charge < -0.3 is 15.2 Å². The number of nitrogens with two attached hydrogens (primary N) is 1. The number of aryl methyl sites for hydroxylation is 1. The van der Waals surface area contributed by atoms with Crippen molar-refractivity contribution in [1.29, 1.82) is 0 Å². The predicted octanol–water partition coefficient (Wildman–Crippen LogP) is -0.114. The minimum Gasteiger partial charge on any atom is -0.545 e. The molecule has 1 fully saturated rings. The Morgan fingerprint density at radius 3 is 2.29 bits per heavy atom. The van der Waals surface area contributed by atoms with Crippen molar-refractivity contribution in [2.45, 2.75) is 19.4 Å². The third-order valence-corrected chi connectivity index (χ3v) is 4.01. The molecule has 1 saturated heterocycles. The minimum atomic E-state index is -1.30. The van der Waals surface area contributed by atoms with Crippen LogP contribution in [0.15, 0.2) is 48.5 Å². The van der Waals surface area contributed by atoms with Gasteiger partial charge in [0.2, 0.25) is 5.91 Å². The minimum absolute atomic E-state index is 0.000567. The van der Waals surface area contributed by atoms with E-state index in [2.05, 4.69) is 0 Å². The van der Waals surface area contributed by atoms with Gasteiger partial charge in [-0.05, 0) is 36.8 Å². The fourth-order valence-electron chi connectivity index (χ4n) is 2.71. The Balaban J connectivity index is 1.78. The number of benzene rings is 2. The van der Waals surface area contributed by atoms with Crippen molar-refractivity contribution >= 4 is 29.2 Å². The SMILES string of the molecule is Cc1ccc([NH2+]C2CC(=O)N(c3ccc(C(=O)[O-])cc3)C2=O)cc1. The first-order valence-corrected chi connectivity index (χ1v) is 7.55. The molecule has 0 saturated carbocycles. The highest BCUT2D eigenvalue weighted by Gasteiger charge is 2.42. The summed E-state index contributed by atoms with van der Waals surface area (Å²) in [4.78, 5) is 36.7. The number of imide groups is 1. The first-order valence-electron chi connectivity index (χ1n) is 7.55. The molecule has 0 radical (unpaired) electrons. The molecule has 122 valence electrons. The number of anilines is 1. The maximum atomic E-state index is 12.6. The Kier molecular flexibility index (Phi) is 4.14. The van der Waals surface area contributed by atoms with E-state index in [0.29, 0.717) is 5.69 Å². The Hall–Kier alpha value is -2.99. The van der Waals surface area contributed by atoms with Gasteiger partial charge in [0.15, 0.2) is 6.04 Å². The van der Waals surface area contributed by atoms with Crippen LogP contribution in [0.4, 0.5) is 11.4 Å². The van der Waals surface area contributed by atoms with Crippen molar-refractivity contribution in [2.24, 2.45) is 0 Å². The lowest BCUT2D eigenvalue weighted by molar-refractivity contribution is -0.594. The molecule has 1 aliphatic rings. The summed E-state index contributed by atoms with van der Waals surface area (Å²) >= 11 is 0. The van der Waals surface area contributed by atoms with Crippen LogP contribution in [0.3, 0.4) is 0 Å². The van der Waals surface area contributed by atoms with Crippen LogP contribution < -0.4 is 15.3 Å². The second kappa shape index (κ2) is 6.25. The van der Waals surface area contributed by atoms with Gasteiger partial charge in [0.25, 0.3) is 5.91 Å². The number of amides is 2. The average Bonchev–Trinajstić information content (AvgIpc) is 2.83. The van der Waals surface area contributed by atoms with E-state index in [0.717, 1.165) is 16.2 Å². The molecule has 0 aliphatic carbocycles. The van der Waals surface area contributed by atoms with E-state index in [-0.39, 0.29) is 23.8 Å². The van der Waals surface area contributed by atoms with Crippen LogP contribution in [-0.2, 0) is 9.59 Å². The van der Waals surface area contributed by atoms with Crippen molar-refractivity contribution in [3.05, 3.63) is 59.7 Å². The van der Waals surface area contributed by atoms with Crippen LogP contribution in [0.1, 0.15) is 22.3 Å². The Morgan fingerprint density at radius 2 is 1.71 bits per heavy atom. The molecule has 1 atom stereocenters. The molecular formula is C18H16N2O4. The first-order chi connectivity index (χ1) is 11.5. The topological polar surface area (TPSA) is 94.1 Å². The number of nitrogens with zero attached hydrogens (tertiary/aromatic N) is 1. The van der Waals surface area contributed by atoms with Gasteiger partial charge in [-0.15, -0.1) is 0 Å². The summed E-state index contributed by atoms with van der Waals surface area (Å²) in [7, 11) is 0. The molecule has 1 aliphatic heterocycles. The van der Waals surface area contributed by atoms with Gasteiger partial charge >= 0.3 is 0 Å². The average molecular weight is 324 g/mol. The zero-order valence-electron chi connectivity index (χ0n) is 13.1. The molecule has 6 heteroatoms. The lowest BCUT2D eigenvalue weighted by Gasteiger charge is -2.15. The van der Waals surface area contributed by atoms with E-state index in [4.69, 9.17) is 0 Å². The van der Waals surface area contributed by atoms with Gasteiger partial charge in [-0.2, -0.15) is 0 Å². The molecule has 6 nitrogen and oxygen atoms in total. The number of hydrogen-bond donors (Lipinski definition) is 1. The monoisotopic (exact) mass is 324 g/mol. The van der Waals surface area contributed by atoms with Crippen LogP contribution in [0, 0.1) is 6.92 Å². The molecular weight excluding hydrogens is 308 g/mol. The van der Waals surface area contributed by atoms with Crippen LogP contribution in [0.2, 0.25) is 0 Å². The summed E-state index contributed by atoms with van der Waals surface area (Å²) < 4.78 is 0. The molecule has 2 N–H and O–H groups in total. The molecule has 1 unspecified atom stereocenters. The molecule has 1 heterocycles. The van der Waals surface area contributed by atoms with E-state index in [9.17, 15) is 19.5 Å². The van der Waals surface area contributed by atoms with Gasteiger partial charge in [0.1, 0.15) is 5.69 Å². The van der Waals surface area contributed by atoms with E-state index in [1.165, 1.54) is 24.3 Å². The highest BCUT2D eigenvalue weighted by molar-refractivity contribution is 6.21. The third-order valence-electron chi connectivity index (χ3n) is 4.01. The van der Waals surface area contributed by atoms with Gasteiger partial charge in [-0.1, -0.05) is 29.8 Å². The molecule has 2 aromatic rings. The van der Waals surface area contributed by atoms with Gasteiger partial charge in [0.05, 0.1) is 18.1 Å². The maximum absolute atomic E-state index is 12.6. The summed E-state index contributed by atoms with van der Waals surface area (Å²) in [5.74, 6) is -1.90. The number of hydrogen-bond acceptors (Lipinski definition) is 4. The summed E-state index contributed by atoms with van der Waals surface area (Å²) in [5.41, 5.74) is 2.38. The number of quaternary nitrogens is 1.